The second-order valence-electron chi connectivity index (χ2n) is 8.13. The van der Waals surface area contributed by atoms with E-state index >= 15 is 0 Å². The summed E-state index contributed by atoms with van der Waals surface area (Å²) in [6.45, 7) is 3.39. The monoisotopic (exact) mass is 442 g/mol. The maximum absolute atomic E-state index is 12.7. The lowest BCUT2D eigenvalue weighted by molar-refractivity contribution is -0.123. The Hall–Kier alpha value is -2.02. The fourth-order valence-electron chi connectivity index (χ4n) is 3.85. The lowest BCUT2D eigenvalue weighted by Crippen LogP contribution is -2.49. The Bertz CT molecular complexity index is 778. The number of hydrogen-bond donors (Lipinski definition) is 2. The van der Waals surface area contributed by atoms with Crippen LogP contribution >= 0.6 is 11.9 Å². The third-order valence-corrected chi connectivity index (χ3v) is 6.49. The van der Waals surface area contributed by atoms with E-state index in [4.69, 9.17) is 4.74 Å². The molecule has 1 aliphatic carbocycles. The van der Waals surface area contributed by atoms with Crippen molar-refractivity contribution in [3.8, 4) is 0 Å². The van der Waals surface area contributed by atoms with Crippen LogP contribution in [0.3, 0.4) is 0 Å². The molecule has 1 aromatic carbocycles. The molecule has 0 aromatic heterocycles. The normalized spacial score (nSPS) is 19.7. The molecule has 0 bridgehead atoms. The predicted octanol–water partition coefficient (Wildman–Crippen LogP) is 4.57. The number of carbonyl (C=O) groups is 1. The molecule has 31 heavy (non-hydrogen) atoms. The Morgan fingerprint density at radius 3 is 2.84 bits per heavy atom. The summed E-state index contributed by atoms with van der Waals surface area (Å²) in [5.74, 6) is 0.319. The van der Waals surface area contributed by atoms with Gasteiger partial charge in [0.05, 0.1) is 18.4 Å². The highest BCUT2D eigenvalue weighted by Crippen LogP contribution is 2.26. The molecule has 3 rings (SSSR count). The fourth-order valence-corrected chi connectivity index (χ4v) is 4.87. The van der Waals surface area contributed by atoms with E-state index < -0.39 is 6.10 Å². The Kier molecular flexibility index (Phi) is 9.72. The van der Waals surface area contributed by atoms with Crippen LogP contribution in [0.5, 0.6) is 0 Å². The summed E-state index contributed by atoms with van der Waals surface area (Å²) in [4.78, 5) is 12.7. The summed E-state index contributed by atoms with van der Waals surface area (Å²) in [6, 6.07) is 9.69. The zero-order valence-corrected chi connectivity index (χ0v) is 19.1. The maximum atomic E-state index is 12.7. The van der Waals surface area contributed by atoms with Gasteiger partial charge in [-0.1, -0.05) is 49.4 Å². The minimum absolute atomic E-state index is 0.00897. The second kappa shape index (κ2) is 12.7. The predicted molar refractivity (Wildman–Crippen MR) is 127 cm³/mol. The van der Waals surface area contributed by atoms with Crippen LogP contribution in [0.25, 0.3) is 0 Å². The number of benzene rings is 1. The van der Waals surface area contributed by atoms with Crippen LogP contribution in [0, 0.1) is 5.92 Å². The average Bonchev–Trinajstić information content (AvgIpc) is 3.28. The highest BCUT2D eigenvalue weighted by molar-refractivity contribution is 8.00. The highest BCUT2D eigenvalue weighted by atomic mass is 32.2. The number of nitrogens with zero attached hydrogens (tertiary/aromatic N) is 1. The van der Waals surface area contributed by atoms with Gasteiger partial charge in [-0.3, -0.25) is 4.79 Å². The van der Waals surface area contributed by atoms with Gasteiger partial charge in [-0.2, -0.15) is 0 Å². The Balaban J connectivity index is 1.63. The van der Waals surface area contributed by atoms with Gasteiger partial charge in [-0.05, 0) is 67.7 Å². The number of hydrogen-bond acceptors (Lipinski definition) is 5. The lowest BCUT2D eigenvalue weighted by atomic mass is 9.99. The largest absolute Gasteiger partial charge is 0.457 e. The van der Waals surface area contributed by atoms with Gasteiger partial charge in [0, 0.05) is 19.5 Å². The molecule has 0 saturated heterocycles. The van der Waals surface area contributed by atoms with E-state index in [2.05, 4.69) is 28.7 Å². The first-order valence-electron chi connectivity index (χ1n) is 11.3. The zero-order valence-electron chi connectivity index (χ0n) is 18.3. The van der Waals surface area contributed by atoms with Crippen molar-refractivity contribution in [2.45, 2.75) is 57.6 Å². The lowest BCUT2D eigenvalue weighted by Gasteiger charge is -2.30. The van der Waals surface area contributed by atoms with Crippen LogP contribution in [-0.2, 0) is 16.0 Å². The molecule has 6 heteroatoms. The van der Waals surface area contributed by atoms with Gasteiger partial charge in [0.25, 0.3) is 0 Å². The van der Waals surface area contributed by atoms with Crippen LogP contribution < -0.4 is 5.32 Å². The molecular weight excluding hydrogens is 408 g/mol. The van der Waals surface area contributed by atoms with E-state index in [9.17, 15) is 9.90 Å². The SMILES string of the molecule is CCCN(CC(O)C(Cc1ccccc1)NC(=O)CC1C=CCC1)SC1=CCC=CO1. The average molecular weight is 443 g/mol. The first-order valence-corrected chi connectivity index (χ1v) is 12.0. The summed E-state index contributed by atoms with van der Waals surface area (Å²) in [6.07, 6.45) is 14.3. The van der Waals surface area contributed by atoms with Crippen molar-refractivity contribution in [3.05, 3.63) is 71.6 Å². The van der Waals surface area contributed by atoms with Crippen molar-refractivity contribution >= 4 is 17.9 Å². The number of allylic oxidation sites excluding steroid dienone is 4. The van der Waals surface area contributed by atoms with Crippen molar-refractivity contribution in [3.63, 3.8) is 0 Å². The molecule has 1 aromatic rings. The van der Waals surface area contributed by atoms with Crippen molar-refractivity contribution in [1.82, 2.24) is 9.62 Å². The van der Waals surface area contributed by atoms with Gasteiger partial charge in [0.15, 0.2) is 5.09 Å². The number of carbonyl (C=O) groups excluding carboxylic acids is 1. The highest BCUT2D eigenvalue weighted by Gasteiger charge is 2.26. The van der Waals surface area contributed by atoms with Gasteiger partial charge in [0.1, 0.15) is 0 Å². The van der Waals surface area contributed by atoms with E-state index in [0.717, 1.165) is 42.9 Å². The third kappa shape index (κ3) is 8.20. The maximum Gasteiger partial charge on any atom is 0.220 e. The summed E-state index contributed by atoms with van der Waals surface area (Å²) < 4.78 is 7.70. The first kappa shape index (κ1) is 23.6. The Morgan fingerprint density at radius 2 is 2.16 bits per heavy atom. The summed E-state index contributed by atoms with van der Waals surface area (Å²) in [5, 5.41) is 15.1. The second-order valence-corrected chi connectivity index (χ2v) is 9.23. The van der Waals surface area contributed by atoms with Gasteiger partial charge < -0.3 is 15.2 Å². The number of nitrogens with one attached hydrogen (secondary N) is 1. The summed E-state index contributed by atoms with van der Waals surface area (Å²) in [7, 11) is 0. The molecule has 1 aliphatic heterocycles. The van der Waals surface area contributed by atoms with Crippen LogP contribution in [0.1, 0.15) is 44.6 Å². The Labute approximate surface area is 190 Å². The van der Waals surface area contributed by atoms with Gasteiger partial charge >= 0.3 is 0 Å². The fraction of sp³-hybridized carbons (Fsp3) is 0.480. The molecule has 1 heterocycles. The molecule has 0 fully saturated rings. The number of amides is 1. The number of ether oxygens (including phenoxy) is 1. The number of rotatable bonds is 12. The topological polar surface area (TPSA) is 61.8 Å². The molecule has 168 valence electrons. The molecule has 3 atom stereocenters. The number of aliphatic hydroxyl groups excluding tert-OH is 1. The van der Waals surface area contributed by atoms with E-state index in [1.54, 1.807) is 6.26 Å². The van der Waals surface area contributed by atoms with Crippen LogP contribution in [0.4, 0.5) is 0 Å². The van der Waals surface area contributed by atoms with E-state index in [1.807, 2.05) is 42.5 Å². The van der Waals surface area contributed by atoms with E-state index in [-0.39, 0.29) is 11.9 Å². The zero-order chi connectivity index (χ0) is 21.9. The molecule has 2 N–H and O–H groups in total. The molecule has 0 spiro atoms. The van der Waals surface area contributed by atoms with E-state index in [1.165, 1.54) is 11.9 Å². The Morgan fingerprint density at radius 1 is 1.32 bits per heavy atom. The summed E-state index contributed by atoms with van der Waals surface area (Å²) >= 11 is 1.53. The minimum Gasteiger partial charge on any atom is -0.457 e. The van der Waals surface area contributed by atoms with Crippen LogP contribution in [-0.4, -0.2) is 40.6 Å². The molecule has 0 saturated carbocycles. The first-order chi connectivity index (χ1) is 15.1. The van der Waals surface area contributed by atoms with E-state index in [0.29, 0.717) is 25.3 Å². The van der Waals surface area contributed by atoms with Crippen molar-refractivity contribution < 1.29 is 14.6 Å². The molecular formula is C25H34N2O3S. The van der Waals surface area contributed by atoms with Gasteiger partial charge in [0.2, 0.25) is 5.91 Å². The smallest absolute Gasteiger partial charge is 0.220 e. The van der Waals surface area contributed by atoms with Crippen LogP contribution in [0.2, 0.25) is 0 Å². The van der Waals surface area contributed by atoms with Crippen LogP contribution in [0.15, 0.2) is 66.0 Å². The van der Waals surface area contributed by atoms with Crippen molar-refractivity contribution in [2.75, 3.05) is 13.1 Å². The standard InChI is InChI=1S/C25H34N2O3S/c1-2-15-27(31-25-14-8-9-16-30-25)19-23(28)22(17-20-10-4-3-5-11-20)26-24(29)18-21-12-6-7-13-21/h3-6,9-12,14,16,21-23,28H,2,7-8,13,15,17-19H2,1H3,(H,26,29). The van der Waals surface area contributed by atoms with Gasteiger partial charge in [-0.25, -0.2) is 4.31 Å². The van der Waals surface area contributed by atoms with Crippen molar-refractivity contribution in [1.29, 1.82) is 0 Å². The molecule has 2 aliphatic rings. The van der Waals surface area contributed by atoms with Crippen molar-refractivity contribution in [2.24, 2.45) is 5.92 Å². The molecule has 3 unspecified atom stereocenters. The summed E-state index contributed by atoms with van der Waals surface area (Å²) in [5.41, 5.74) is 1.10. The quantitative estimate of drug-likeness (QED) is 0.367. The van der Waals surface area contributed by atoms with Gasteiger partial charge in [-0.15, -0.1) is 0 Å². The molecule has 0 radical (unpaired) electrons. The minimum atomic E-state index is -0.693. The third-order valence-electron chi connectivity index (χ3n) is 5.45. The number of aliphatic hydroxyl groups is 1. The molecule has 1 amide bonds. The molecule has 5 nitrogen and oxygen atoms in total.